The number of carboxylic acids is 1. The van der Waals surface area contributed by atoms with E-state index in [0.717, 1.165) is 0 Å². The molecule has 0 atom stereocenters. The third-order valence-electron chi connectivity index (χ3n) is 9.92. The molecule has 4 rings (SSSR count). The molecule has 74 heavy (non-hydrogen) atoms. The van der Waals surface area contributed by atoms with Crippen molar-refractivity contribution in [2.45, 2.75) is 107 Å². The standard InChI is InChI=1S/C21H31FN4O6S.C12H16ClN3O3S.C10H17FO3.C2HF3O2/c1-21(2,3)32-20(28)25-12-15(11-22)14-31-18-6-5-17(13-24-18)33(29,30)26-9-7-16(8-10-26)19(27)23-4;1-14-12(17)9-4-6-16(7-5-9)20(18,19)10-2-3-11(13)15-8-10;1-10(2,3)14-9(13)5-4-8(6-11)7-12;3-2(4,5)1(6)7/h5-6,11,13,16H,7-10,12,14H2,1-4H3,(H,23,27)(H,25,28);2-3,8-9H,4-7H2,1H3,(H,14,17);6,12H,4-5,7H2,1-3H3;(H,6,7). The molecule has 0 bridgehead atoms. The highest BCUT2D eigenvalue weighted by molar-refractivity contribution is 7.89. The van der Waals surface area contributed by atoms with Crippen LogP contribution in [0.15, 0.2) is 70.3 Å². The van der Waals surface area contributed by atoms with Gasteiger partial charge in [-0.15, -0.1) is 0 Å². The van der Waals surface area contributed by atoms with Crippen LogP contribution in [0.1, 0.15) is 80.1 Å². The van der Waals surface area contributed by atoms with E-state index in [2.05, 4.69) is 25.9 Å². The molecule has 0 unspecified atom stereocenters. The number of carbonyl (C=O) groups is 5. The number of alkyl carbamates (subject to hydrolysis) is 1. The minimum atomic E-state index is -5.08. The number of nitrogens with one attached hydrogen (secondary N) is 3. The van der Waals surface area contributed by atoms with Gasteiger partial charge in [0.2, 0.25) is 37.7 Å². The fourth-order valence-electron chi connectivity index (χ4n) is 6.15. The van der Waals surface area contributed by atoms with E-state index in [0.29, 0.717) is 51.4 Å². The molecule has 29 heteroatoms. The van der Waals surface area contributed by atoms with Gasteiger partial charge in [0, 0.05) is 82.9 Å². The third-order valence-corrected chi connectivity index (χ3v) is 13.9. The van der Waals surface area contributed by atoms with E-state index in [1.807, 2.05) is 0 Å². The van der Waals surface area contributed by atoms with Gasteiger partial charge in [0.1, 0.15) is 32.8 Å². The van der Waals surface area contributed by atoms with Crippen molar-refractivity contribution in [3.8, 4) is 5.88 Å². The number of aliphatic hydroxyl groups excluding tert-OH is 1. The quantitative estimate of drug-likeness (QED) is 0.0841. The predicted octanol–water partition coefficient (Wildman–Crippen LogP) is 5.45. The number of amides is 3. The van der Waals surface area contributed by atoms with Crippen molar-refractivity contribution < 1.29 is 87.2 Å². The fourth-order valence-corrected chi connectivity index (χ4v) is 9.10. The lowest BCUT2D eigenvalue weighted by Gasteiger charge is -2.30. The maximum Gasteiger partial charge on any atom is 0.490 e. The van der Waals surface area contributed by atoms with E-state index in [-0.39, 0.29) is 107 Å². The summed E-state index contributed by atoms with van der Waals surface area (Å²) in [5, 5.41) is 23.6. The van der Waals surface area contributed by atoms with Crippen LogP contribution in [-0.2, 0) is 48.7 Å². The molecule has 0 radical (unpaired) electrons. The number of hydrogen-bond donors (Lipinski definition) is 5. The van der Waals surface area contributed by atoms with Gasteiger partial charge in [0.05, 0.1) is 25.5 Å². The van der Waals surface area contributed by atoms with Gasteiger partial charge in [-0.3, -0.25) is 14.4 Å². The molecule has 0 aromatic carbocycles. The van der Waals surface area contributed by atoms with Crippen LogP contribution in [0.25, 0.3) is 0 Å². The second kappa shape index (κ2) is 30.7. The average molecular weight is 1120 g/mol. The molecular formula is C45H65ClF5N7O14S2. The first-order valence-electron chi connectivity index (χ1n) is 22.5. The lowest BCUT2D eigenvalue weighted by Crippen LogP contribution is -2.42. The van der Waals surface area contributed by atoms with Gasteiger partial charge in [-0.1, -0.05) is 11.6 Å². The Morgan fingerprint density at radius 2 is 1.16 bits per heavy atom. The van der Waals surface area contributed by atoms with Gasteiger partial charge in [0.15, 0.2) is 0 Å². The number of pyridine rings is 2. The summed E-state index contributed by atoms with van der Waals surface area (Å²) in [4.78, 5) is 62.9. The number of aliphatic hydroxyl groups is 1. The Hall–Kier alpha value is -5.55. The smallest absolute Gasteiger partial charge is 0.475 e. The number of sulfonamides is 2. The van der Waals surface area contributed by atoms with Crippen molar-refractivity contribution in [2.24, 2.45) is 11.8 Å². The van der Waals surface area contributed by atoms with Crippen molar-refractivity contribution >= 4 is 61.5 Å². The number of aromatic nitrogens is 2. The fraction of sp³-hybridized carbons (Fsp3) is 0.578. The molecular weight excluding hydrogens is 1060 g/mol. The number of nitrogens with zero attached hydrogens (tertiary/aromatic N) is 4. The molecule has 4 heterocycles. The summed E-state index contributed by atoms with van der Waals surface area (Å²) in [6.45, 7) is 10.9. The van der Waals surface area contributed by atoms with E-state index >= 15 is 0 Å². The topological polar surface area (TPSA) is 290 Å². The zero-order chi connectivity index (χ0) is 56.7. The lowest BCUT2D eigenvalue weighted by atomic mass is 9.97. The largest absolute Gasteiger partial charge is 0.490 e. The number of esters is 1. The maximum absolute atomic E-state index is 13.1. The van der Waals surface area contributed by atoms with Crippen LogP contribution in [0.5, 0.6) is 5.88 Å². The summed E-state index contributed by atoms with van der Waals surface area (Å²) in [7, 11) is -4.16. The number of piperidine rings is 2. The molecule has 3 amide bonds. The lowest BCUT2D eigenvalue weighted by molar-refractivity contribution is -0.192. The Labute approximate surface area is 432 Å². The molecule has 2 saturated heterocycles. The Bertz CT molecular complexity index is 2420. The van der Waals surface area contributed by atoms with Crippen molar-refractivity contribution in [2.75, 3.05) is 60.0 Å². The molecule has 2 aliphatic rings. The Morgan fingerprint density at radius 1 is 0.730 bits per heavy atom. The molecule has 0 aliphatic carbocycles. The molecule has 2 aliphatic heterocycles. The molecule has 5 N–H and O–H groups in total. The van der Waals surface area contributed by atoms with E-state index in [9.17, 15) is 58.0 Å². The first kappa shape index (κ1) is 66.5. The molecule has 0 spiro atoms. The molecule has 418 valence electrons. The summed E-state index contributed by atoms with van der Waals surface area (Å²) in [5.41, 5.74) is -0.850. The van der Waals surface area contributed by atoms with Crippen molar-refractivity contribution in [1.82, 2.24) is 34.5 Å². The van der Waals surface area contributed by atoms with Crippen LogP contribution in [0.4, 0.5) is 26.7 Å². The highest BCUT2D eigenvalue weighted by atomic mass is 35.5. The zero-order valence-electron chi connectivity index (χ0n) is 42.1. The number of alkyl halides is 3. The Morgan fingerprint density at radius 3 is 1.50 bits per heavy atom. The maximum atomic E-state index is 13.1. The predicted molar refractivity (Wildman–Crippen MR) is 259 cm³/mol. The van der Waals surface area contributed by atoms with Gasteiger partial charge in [-0.25, -0.2) is 45.2 Å². The van der Waals surface area contributed by atoms with Gasteiger partial charge in [0.25, 0.3) is 0 Å². The van der Waals surface area contributed by atoms with E-state index in [1.165, 1.54) is 45.3 Å². The second-order valence-corrected chi connectivity index (χ2v) is 22.2. The van der Waals surface area contributed by atoms with Crippen LogP contribution in [-0.4, -0.2) is 153 Å². The Balaban J connectivity index is 0.000000564. The van der Waals surface area contributed by atoms with Crippen LogP contribution >= 0.6 is 11.6 Å². The highest BCUT2D eigenvalue weighted by Gasteiger charge is 2.38. The van der Waals surface area contributed by atoms with Crippen LogP contribution in [0.3, 0.4) is 0 Å². The second-order valence-electron chi connectivity index (χ2n) is 18.0. The van der Waals surface area contributed by atoms with E-state index < -0.39 is 49.5 Å². The van der Waals surface area contributed by atoms with Crippen LogP contribution in [0.2, 0.25) is 5.15 Å². The van der Waals surface area contributed by atoms with Crippen molar-refractivity contribution in [3.05, 3.63) is 65.6 Å². The monoisotopic (exact) mass is 1120 g/mol. The van der Waals surface area contributed by atoms with Gasteiger partial charge >= 0.3 is 24.2 Å². The zero-order valence-corrected chi connectivity index (χ0v) is 44.5. The summed E-state index contributed by atoms with van der Waals surface area (Å²) in [5.74, 6) is -3.47. The number of carboxylic acid groups (broad SMARTS) is 1. The average Bonchev–Trinajstić information content (AvgIpc) is 3.33. The molecule has 0 saturated carbocycles. The number of hydrogen-bond acceptors (Lipinski definition) is 15. The highest BCUT2D eigenvalue weighted by Crippen LogP contribution is 2.26. The van der Waals surface area contributed by atoms with Gasteiger partial charge in [-0.2, -0.15) is 21.8 Å². The van der Waals surface area contributed by atoms with E-state index in [4.69, 9.17) is 40.8 Å². The molecule has 21 nitrogen and oxygen atoms in total. The summed E-state index contributed by atoms with van der Waals surface area (Å²) in [6.07, 6.45) is -0.463. The first-order chi connectivity index (χ1) is 34.2. The number of carbonyl (C=O) groups excluding carboxylic acids is 4. The minimum absolute atomic E-state index is 0.00101. The Kier molecular flexibility index (Phi) is 27.6. The summed E-state index contributed by atoms with van der Waals surface area (Å²) in [6, 6.07) is 5.63. The van der Waals surface area contributed by atoms with Crippen molar-refractivity contribution in [1.29, 1.82) is 0 Å². The third kappa shape index (κ3) is 24.7. The number of halogens is 6. The van der Waals surface area contributed by atoms with Crippen molar-refractivity contribution in [3.63, 3.8) is 0 Å². The van der Waals surface area contributed by atoms with Crippen LogP contribution in [0, 0.1) is 11.8 Å². The van der Waals surface area contributed by atoms with Gasteiger partial charge in [-0.05, 0) is 97.4 Å². The normalized spacial score (nSPS) is 15.6. The van der Waals surface area contributed by atoms with Gasteiger partial charge < -0.3 is 40.4 Å². The molecule has 2 fully saturated rings. The number of ether oxygens (including phenoxy) is 3. The van der Waals surface area contributed by atoms with E-state index in [1.54, 1.807) is 55.6 Å². The van der Waals surface area contributed by atoms with Crippen LogP contribution < -0.4 is 20.7 Å². The first-order valence-corrected chi connectivity index (χ1v) is 25.8. The number of rotatable bonds is 15. The summed E-state index contributed by atoms with van der Waals surface area (Å²) >= 11 is 5.65. The molecule has 2 aromatic rings. The minimum Gasteiger partial charge on any atom is -0.475 e. The summed E-state index contributed by atoms with van der Waals surface area (Å²) < 4.78 is 125. The number of aliphatic carboxylic acids is 1. The SMILES string of the molecule is CC(C)(C)OC(=O)CCC(=CF)CO.CNC(=O)C1CCN(S(=O)(=O)c2ccc(Cl)nc2)CC1.CNC(=O)C1CCN(S(=O)(=O)c2ccc(OCC(=CF)CNC(=O)OC(C)(C)C)nc2)CC1.O=C(O)C(F)(F)F. The molecule has 2 aromatic heterocycles.